The topological polar surface area (TPSA) is 105 Å². The molecule has 5 N–H and O–H groups in total. The molecule has 0 bridgehead atoms. The van der Waals surface area contributed by atoms with Gasteiger partial charge in [-0.15, -0.1) is 0 Å². The number of amides is 1. The van der Waals surface area contributed by atoms with Crippen LogP contribution in [0.25, 0.3) is 0 Å². The van der Waals surface area contributed by atoms with E-state index in [-0.39, 0.29) is 11.6 Å². The summed E-state index contributed by atoms with van der Waals surface area (Å²) in [6.45, 7) is 5.01. The van der Waals surface area contributed by atoms with Crippen LogP contribution in [0.5, 0.6) is 0 Å². The fourth-order valence-electron chi connectivity index (χ4n) is 1.60. The Morgan fingerprint density at radius 2 is 2.05 bits per heavy atom. The predicted molar refractivity (Wildman–Crippen MR) is 81.1 cm³/mol. The van der Waals surface area contributed by atoms with E-state index in [9.17, 15) is 15.0 Å². The van der Waals surface area contributed by atoms with Crippen molar-refractivity contribution in [3.63, 3.8) is 0 Å². The maximum atomic E-state index is 11.5. The number of ether oxygens (including phenoxy) is 1. The van der Waals surface area contributed by atoms with Crippen molar-refractivity contribution in [3.05, 3.63) is 28.8 Å². The van der Waals surface area contributed by atoms with E-state index in [1.165, 1.54) is 12.1 Å². The molecule has 1 amide bonds. The summed E-state index contributed by atoms with van der Waals surface area (Å²) in [7, 11) is 0. The van der Waals surface area contributed by atoms with Crippen molar-refractivity contribution < 1.29 is 19.7 Å². The molecule has 6 nitrogen and oxygen atoms in total. The van der Waals surface area contributed by atoms with E-state index < -0.39 is 23.9 Å². The van der Waals surface area contributed by atoms with Crippen LogP contribution < -0.4 is 11.1 Å². The summed E-state index contributed by atoms with van der Waals surface area (Å²) < 4.78 is 5.03. The van der Waals surface area contributed by atoms with E-state index in [4.69, 9.17) is 22.1 Å². The number of nitrogens with two attached hydrogens (primary N) is 1. The lowest BCUT2D eigenvalue weighted by molar-refractivity contribution is 0.0130. The average Bonchev–Trinajstić information content (AvgIpc) is 2.33. The molecule has 0 heterocycles. The second kappa shape index (κ2) is 6.98. The van der Waals surface area contributed by atoms with Gasteiger partial charge in [-0.25, -0.2) is 4.79 Å². The van der Waals surface area contributed by atoms with E-state index in [2.05, 4.69) is 5.32 Å². The first-order valence-corrected chi connectivity index (χ1v) is 6.86. The highest BCUT2D eigenvalue weighted by atomic mass is 35.5. The third-order valence-corrected chi connectivity index (χ3v) is 2.89. The maximum absolute atomic E-state index is 11.5. The molecule has 2 atom stereocenters. The lowest BCUT2D eigenvalue weighted by Gasteiger charge is -2.22. The molecule has 2 unspecified atom stereocenters. The van der Waals surface area contributed by atoms with Crippen LogP contribution in [-0.2, 0) is 4.74 Å². The van der Waals surface area contributed by atoms with Crippen molar-refractivity contribution in [2.24, 2.45) is 0 Å². The Balaban J connectivity index is 2.59. The molecule has 0 saturated heterocycles. The lowest BCUT2D eigenvalue weighted by atomic mass is 10.0. The van der Waals surface area contributed by atoms with Gasteiger partial charge < -0.3 is 26.0 Å². The van der Waals surface area contributed by atoms with Crippen LogP contribution >= 0.6 is 11.6 Å². The number of aliphatic hydroxyl groups excluding tert-OH is 2. The zero-order chi connectivity index (χ0) is 16.2. The normalized spacial score (nSPS) is 14.4. The molecule has 21 heavy (non-hydrogen) atoms. The van der Waals surface area contributed by atoms with Gasteiger partial charge in [-0.2, -0.15) is 0 Å². The van der Waals surface area contributed by atoms with Crippen LogP contribution in [0.4, 0.5) is 10.5 Å². The van der Waals surface area contributed by atoms with E-state index in [0.29, 0.717) is 11.3 Å². The number of carbonyl (C=O) groups excluding carboxylic acids is 1. The molecule has 0 aliphatic carbocycles. The number of nitrogen functional groups attached to an aromatic ring is 1. The minimum atomic E-state index is -1.24. The van der Waals surface area contributed by atoms with Crippen LogP contribution in [0.15, 0.2) is 18.2 Å². The molecule has 7 heteroatoms. The zero-order valence-electron chi connectivity index (χ0n) is 12.3. The molecule has 0 aliphatic rings. The molecule has 0 aromatic heterocycles. The van der Waals surface area contributed by atoms with E-state index in [1.807, 2.05) is 0 Å². The number of benzene rings is 1. The fraction of sp³-hybridized carbons (Fsp3) is 0.500. The Kier molecular flexibility index (Phi) is 5.83. The van der Waals surface area contributed by atoms with Gasteiger partial charge in [0, 0.05) is 22.8 Å². The quantitative estimate of drug-likeness (QED) is 0.634. The third kappa shape index (κ3) is 5.79. The number of halogens is 1. The number of rotatable bonds is 4. The largest absolute Gasteiger partial charge is 0.444 e. The number of alkyl carbamates (subject to hydrolysis) is 1. The van der Waals surface area contributed by atoms with Gasteiger partial charge in [0.05, 0.1) is 0 Å². The van der Waals surface area contributed by atoms with Gasteiger partial charge >= 0.3 is 6.09 Å². The second-order valence-electron chi connectivity index (χ2n) is 5.68. The standard InChI is InChI=1S/C14H21ClN2O4/c1-14(2,3)21-13(20)17-7-11(18)12(19)9-5-4-8(16)6-10(9)15/h4-6,11-12,18-19H,7,16H2,1-3H3,(H,17,20). The Hall–Kier alpha value is -1.50. The van der Waals surface area contributed by atoms with Crippen molar-refractivity contribution >= 4 is 23.4 Å². The van der Waals surface area contributed by atoms with E-state index in [0.717, 1.165) is 0 Å². The Bertz CT molecular complexity index is 502. The predicted octanol–water partition coefficient (Wildman–Crippen LogP) is 1.84. The highest BCUT2D eigenvalue weighted by Gasteiger charge is 2.23. The van der Waals surface area contributed by atoms with Crippen molar-refractivity contribution in [2.75, 3.05) is 12.3 Å². The summed E-state index contributed by atoms with van der Waals surface area (Å²) in [4.78, 5) is 11.5. The molecule has 0 fully saturated rings. The highest BCUT2D eigenvalue weighted by molar-refractivity contribution is 6.31. The lowest BCUT2D eigenvalue weighted by Crippen LogP contribution is -2.38. The second-order valence-corrected chi connectivity index (χ2v) is 6.08. The summed E-state index contributed by atoms with van der Waals surface area (Å²) in [6, 6.07) is 4.58. The Morgan fingerprint density at radius 3 is 2.57 bits per heavy atom. The number of hydrogen-bond acceptors (Lipinski definition) is 5. The van der Waals surface area contributed by atoms with Gasteiger partial charge in [-0.05, 0) is 32.9 Å². The Morgan fingerprint density at radius 1 is 1.43 bits per heavy atom. The summed E-state index contributed by atoms with van der Waals surface area (Å²) in [6.07, 6.45) is -3.14. The van der Waals surface area contributed by atoms with Gasteiger partial charge in [0.15, 0.2) is 0 Å². The number of carbonyl (C=O) groups is 1. The minimum absolute atomic E-state index is 0.170. The van der Waals surface area contributed by atoms with Crippen LogP contribution in [0, 0.1) is 0 Å². The van der Waals surface area contributed by atoms with Crippen molar-refractivity contribution in [2.45, 2.75) is 38.6 Å². The summed E-state index contributed by atoms with van der Waals surface area (Å²) in [5.74, 6) is 0. The Labute approximate surface area is 128 Å². The highest BCUT2D eigenvalue weighted by Crippen LogP contribution is 2.27. The fourth-order valence-corrected chi connectivity index (χ4v) is 1.90. The van der Waals surface area contributed by atoms with E-state index >= 15 is 0 Å². The van der Waals surface area contributed by atoms with Crippen molar-refractivity contribution in [1.82, 2.24) is 5.32 Å². The average molecular weight is 317 g/mol. The SMILES string of the molecule is CC(C)(C)OC(=O)NCC(O)C(O)c1ccc(N)cc1Cl. The molecule has 0 radical (unpaired) electrons. The van der Waals surface area contributed by atoms with Crippen molar-refractivity contribution in [1.29, 1.82) is 0 Å². The van der Waals surface area contributed by atoms with Gasteiger partial charge in [0.25, 0.3) is 0 Å². The number of hydrogen-bond donors (Lipinski definition) is 4. The molecule has 1 rings (SSSR count). The maximum Gasteiger partial charge on any atom is 0.407 e. The number of anilines is 1. The van der Waals surface area contributed by atoms with Crippen LogP contribution in [0.3, 0.4) is 0 Å². The number of aliphatic hydroxyl groups is 2. The van der Waals surface area contributed by atoms with Crippen LogP contribution in [-0.4, -0.2) is 34.6 Å². The van der Waals surface area contributed by atoms with E-state index in [1.54, 1.807) is 26.8 Å². The van der Waals surface area contributed by atoms with Crippen LogP contribution in [0.2, 0.25) is 5.02 Å². The molecule has 1 aromatic carbocycles. The monoisotopic (exact) mass is 316 g/mol. The first-order valence-electron chi connectivity index (χ1n) is 6.48. The van der Waals surface area contributed by atoms with Gasteiger partial charge in [0.1, 0.15) is 17.8 Å². The molecular formula is C14H21ClN2O4. The zero-order valence-corrected chi connectivity index (χ0v) is 13.0. The molecule has 0 spiro atoms. The molecule has 118 valence electrons. The number of nitrogens with one attached hydrogen (secondary N) is 1. The van der Waals surface area contributed by atoms with Crippen LogP contribution in [0.1, 0.15) is 32.4 Å². The molecule has 0 saturated carbocycles. The molecule has 1 aromatic rings. The van der Waals surface area contributed by atoms with Gasteiger partial charge in [-0.3, -0.25) is 0 Å². The smallest absolute Gasteiger partial charge is 0.407 e. The first kappa shape index (κ1) is 17.6. The molecular weight excluding hydrogens is 296 g/mol. The van der Waals surface area contributed by atoms with Gasteiger partial charge in [0.2, 0.25) is 0 Å². The summed E-state index contributed by atoms with van der Waals surface area (Å²) in [5, 5.41) is 22.6. The third-order valence-electron chi connectivity index (χ3n) is 2.56. The molecule has 0 aliphatic heterocycles. The minimum Gasteiger partial charge on any atom is -0.444 e. The summed E-state index contributed by atoms with van der Waals surface area (Å²) in [5.41, 5.74) is 5.72. The van der Waals surface area contributed by atoms with Gasteiger partial charge in [-0.1, -0.05) is 17.7 Å². The first-order chi connectivity index (χ1) is 9.60. The van der Waals surface area contributed by atoms with Crippen molar-refractivity contribution in [3.8, 4) is 0 Å². The summed E-state index contributed by atoms with van der Waals surface area (Å²) >= 11 is 5.96.